The van der Waals surface area contributed by atoms with E-state index in [0.29, 0.717) is 0 Å². The molecule has 6 nitrogen and oxygen atoms in total. The van der Waals surface area contributed by atoms with Crippen LogP contribution in [0.2, 0.25) is 0 Å². The number of anilines is 6. The van der Waals surface area contributed by atoms with Crippen molar-refractivity contribution in [2.24, 2.45) is 0 Å². The number of benzene rings is 7. The first-order valence-corrected chi connectivity index (χ1v) is 17.5. The quantitative estimate of drug-likeness (QED) is 0.119. The average molecular weight is 699 g/mol. The van der Waals surface area contributed by atoms with Gasteiger partial charge in [-0.1, -0.05) is 48.5 Å². The number of nitrogens with zero attached hydrogens (tertiary/aromatic N) is 2. The van der Waals surface area contributed by atoms with Crippen molar-refractivity contribution >= 4 is 34.1 Å². The van der Waals surface area contributed by atoms with Crippen LogP contribution in [-0.4, -0.2) is 28.4 Å². The molecule has 0 atom stereocenters. The molecule has 264 valence electrons. The zero-order chi connectivity index (χ0) is 36.6. The van der Waals surface area contributed by atoms with Crippen LogP contribution < -0.4 is 28.7 Å². The van der Waals surface area contributed by atoms with Gasteiger partial charge in [-0.05, 0) is 150 Å². The van der Waals surface area contributed by atoms with E-state index in [0.717, 1.165) is 69.1 Å². The van der Waals surface area contributed by atoms with Crippen LogP contribution in [0.25, 0.3) is 11.1 Å². The highest BCUT2D eigenvalue weighted by Crippen LogP contribution is 2.38. The molecule has 0 radical (unpaired) electrons. The molecule has 0 unspecified atom stereocenters. The fourth-order valence-corrected chi connectivity index (χ4v) is 6.44. The van der Waals surface area contributed by atoms with E-state index in [4.69, 9.17) is 18.9 Å². The summed E-state index contributed by atoms with van der Waals surface area (Å²) in [5.41, 5.74) is 11.1. The highest BCUT2D eigenvalue weighted by molar-refractivity contribution is 5.79. The van der Waals surface area contributed by atoms with Gasteiger partial charge < -0.3 is 28.7 Å². The Morgan fingerprint density at radius 3 is 0.755 bits per heavy atom. The summed E-state index contributed by atoms with van der Waals surface area (Å²) in [6.07, 6.45) is 0.837. The molecule has 0 saturated heterocycles. The van der Waals surface area contributed by atoms with Gasteiger partial charge in [0.2, 0.25) is 0 Å². The maximum Gasteiger partial charge on any atom is 0.119 e. The standard InChI is InChI=1S/C47H42N2O4/c1-50-44-25-17-40(18-26-44)48(41-19-27-45(51-2)28-20-41)38-13-7-35(8-14-38)33-34-5-9-36(10-6-34)37-11-15-39(16-12-37)49(42-21-29-46(52-3)30-22-42)43-23-31-47(53-4)32-24-43/h5-32H,33H2,1-4H3. The van der Waals surface area contributed by atoms with E-state index in [-0.39, 0.29) is 0 Å². The van der Waals surface area contributed by atoms with Gasteiger partial charge in [-0.3, -0.25) is 0 Å². The smallest absolute Gasteiger partial charge is 0.119 e. The Morgan fingerprint density at radius 2 is 0.491 bits per heavy atom. The third kappa shape index (κ3) is 7.97. The van der Waals surface area contributed by atoms with Crippen LogP contribution in [0.3, 0.4) is 0 Å². The Kier molecular flexibility index (Phi) is 10.6. The minimum atomic E-state index is 0.820. The predicted octanol–water partition coefficient (Wildman–Crippen LogP) is 11.9. The number of hydrogen-bond acceptors (Lipinski definition) is 6. The highest BCUT2D eigenvalue weighted by atomic mass is 16.5. The molecule has 0 amide bonds. The lowest BCUT2D eigenvalue weighted by molar-refractivity contribution is 0.414. The van der Waals surface area contributed by atoms with Crippen molar-refractivity contribution in [1.82, 2.24) is 0 Å². The molecule has 0 aliphatic carbocycles. The second-order valence-corrected chi connectivity index (χ2v) is 12.5. The Balaban J connectivity index is 1.08. The van der Waals surface area contributed by atoms with Gasteiger partial charge in [0, 0.05) is 34.1 Å². The van der Waals surface area contributed by atoms with E-state index in [1.165, 1.54) is 16.7 Å². The van der Waals surface area contributed by atoms with Gasteiger partial charge in [0.1, 0.15) is 23.0 Å². The van der Waals surface area contributed by atoms with Crippen molar-refractivity contribution in [2.45, 2.75) is 6.42 Å². The zero-order valence-electron chi connectivity index (χ0n) is 30.4. The van der Waals surface area contributed by atoms with Crippen LogP contribution in [0, 0.1) is 0 Å². The Hall–Kier alpha value is -6.66. The van der Waals surface area contributed by atoms with E-state index < -0.39 is 0 Å². The van der Waals surface area contributed by atoms with Gasteiger partial charge in [-0.25, -0.2) is 0 Å². The molecule has 0 bridgehead atoms. The first-order chi connectivity index (χ1) is 26.0. The summed E-state index contributed by atoms with van der Waals surface area (Å²) in [5, 5.41) is 0. The Bertz CT molecular complexity index is 2100. The summed E-state index contributed by atoms with van der Waals surface area (Å²) < 4.78 is 21.6. The topological polar surface area (TPSA) is 43.4 Å². The molecule has 6 heteroatoms. The summed E-state index contributed by atoms with van der Waals surface area (Å²) in [6.45, 7) is 0. The van der Waals surface area contributed by atoms with Crippen LogP contribution in [0.1, 0.15) is 11.1 Å². The molecule has 7 aromatic rings. The summed E-state index contributed by atoms with van der Waals surface area (Å²) >= 11 is 0. The summed E-state index contributed by atoms with van der Waals surface area (Å²) in [5.74, 6) is 3.28. The maximum atomic E-state index is 5.41. The summed E-state index contributed by atoms with van der Waals surface area (Å²) in [4.78, 5) is 4.46. The van der Waals surface area contributed by atoms with Gasteiger partial charge in [-0.15, -0.1) is 0 Å². The number of methoxy groups -OCH3 is 4. The monoisotopic (exact) mass is 698 g/mol. The lowest BCUT2D eigenvalue weighted by Crippen LogP contribution is -2.10. The molecule has 7 rings (SSSR count). The van der Waals surface area contributed by atoms with Gasteiger partial charge in [0.05, 0.1) is 28.4 Å². The van der Waals surface area contributed by atoms with Crippen molar-refractivity contribution in [3.05, 3.63) is 181 Å². The molecule has 0 aromatic heterocycles. The molecule has 0 N–H and O–H groups in total. The molecule has 7 aromatic carbocycles. The number of ether oxygens (including phenoxy) is 4. The van der Waals surface area contributed by atoms with Crippen LogP contribution >= 0.6 is 0 Å². The Labute approximate surface area is 312 Å². The molecule has 0 spiro atoms. The van der Waals surface area contributed by atoms with Crippen molar-refractivity contribution in [3.8, 4) is 34.1 Å². The third-order valence-corrected chi connectivity index (χ3v) is 9.34. The van der Waals surface area contributed by atoms with Crippen LogP contribution in [0.4, 0.5) is 34.1 Å². The highest BCUT2D eigenvalue weighted by Gasteiger charge is 2.15. The van der Waals surface area contributed by atoms with Crippen LogP contribution in [0.15, 0.2) is 170 Å². The van der Waals surface area contributed by atoms with E-state index in [1.54, 1.807) is 28.4 Å². The molecule has 0 aliphatic heterocycles. The second-order valence-electron chi connectivity index (χ2n) is 12.5. The fourth-order valence-electron chi connectivity index (χ4n) is 6.44. The molecular formula is C47H42N2O4. The van der Waals surface area contributed by atoms with Gasteiger partial charge in [-0.2, -0.15) is 0 Å². The average Bonchev–Trinajstić information content (AvgIpc) is 3.23. The molecule has 53 heavy (non-hydrogen) atoms. The van der Waals surface area contributed by atoms with Gasteiger partial charge in [0.25, 0.3) is 0 Å². The molecular weight excluding hydrogens is 657 g/mol. The molecule has 0 saturated carbocycles. The van der Waals surface area contributed by atoms with Crippen molar-refractivity contribution in [2.75, 3.05) is 38.2 Å². The second kappa shape index (κ2) is 16.1. The molecule has 0 aliphatic rings. The SMILES string of the molecule is COc1ccc(N(c2ccc(Cc3ccc(-c4ccc(N(c5ccc(OC)cc5)c5ccc(OC)cc5)cc4)cc3)cc2)c2ccc(OC)cc2)cc1. The van der Waals surface area contributed by atoms with Crippen LogP contribution in [0.5, 0.6) is 23.0 Å². The van der Waals surface area contributed by atoms with Crippen molar-refractivity contribution in [1.29, 1.82) is 0 Å². The first kappa shape index (κ1) is 34.8. The largest absolute Gasteiger partial charge is 0.497 e. The predicted molar refractivity (Wildman–Crippen MR) is 217 cm³/mol. The van der Waals surface area contributed by atoms with E-state index in [2.05, 4.69) is 131 Å². The summed E-state index contributed by atoms with van der Waals surface area (Å²) in [6, 6.07) is 58.8. The van der Waals surface area contributed by atoms with E-state index in [9.17, 15) is 0 Å². The lowest BCUT2D eigenvalue weighted by atomic mass is 9.99. The minimum Gasteiger partial charge on any atom is -0.497 e. The number of hydrogen-bond donors (Lipinski definition) is 0. The minimum absolute atomic E-state index is 0.820. The van der Waals surface area contributed by atoms with E-state index >= 15 is 0 Å². The normalized spacial score (nSPS) is 10.7. The maximum absolute atomic E-state index is 5.41. The number of rotatable bonds is 13. The third-order valence-electron chi connectivity index (χ3n) is 9.34. The van der Waals surface area contributed by atoms with Gasteiger partial charge in [0.15, 0.2) is 0 Å². The lowest BCUT2D eigenvalue weighted by Gasteiger charge is -2.26. The van der Waals surface area contributed by atoms with E-state index in [1.807, 2.05) is 48.5 Å². The van der Waals surface area contributed by atoms with Crippen molar-refractivity contribution in [3.63, 3.8) is 0 Å². The molecule has 0 heterocycles. The molecule has 0 fully saturated rings. The summed E-state index contributed by atoms with van der Waals surface area (Å²) in [7, 11) is 6.73. The van der Waals surface area contributed by atoms with Crippen molar-refractivity contribution < 1.29 is 18.9 Å². The van der Waals surface area contributed by atoms with Gasteiger partial charge >= 0.3 is 0 Å². The fraction of sp³-hybridized carbons (Fsp3) is 0.106. The van der Waals surface area contributed by atoms with Crippen LogP contribution in [-0.2, 0) is 6.42 Å². The first-order valence-electron chi connectivity index (χ1n) is 17.5. The Morgan fingerprint density at radius 1 is 0.283 bits per heavy atom. The zero-order valence-corrected chi connectivity index (χ0v) is 30.4.